The van der Waals surface area contributed by atoms with Gasteiger partial charge in [-0.2, -0.15) is 11.3 Å². The molecule has 1 atom stereocenters. The first-order valence-corrected chi connectivity index (χ1v) is 7.41. The summed E-state index contributed by atoms with van der Waals surface area (Å²) >= 11 is 3.42. The lowest BCUT2D eigenvalue weighted by atomic mass is 10.1. The minimum Gasteiger partial charge on any atom is -0.308 e. The Bertz CT molecular complexity index is 381. The molecule has 2 heterocycles. The molecule has 0 radical (unpaired) electrons. The van der Waals surface area contributed by atoms with Crippen LogP contribution in [0.4, 0.5) is 0 Å². The van der Waals surface area contributed by atoms with E-state index in [9.17, 15) is 0 Å². The van der Waals surface area contributed by atoms with Crippen molar-refractivity contribution < 1.29 is 0 Å². The zero-order valence-corrected chi connectivity index (χ0v) is 11.0. The Morgan fingerprint density at radius 3 is 2.94 bits per heavy atom. The van der Waals surface area contributed by atoms with Crippen LogP contribution in [0.15, 0.2) is 27.7 Å². The highest BCUT2D eigenvalue weighted by atomic mass is 32.1. The summed E-state index contributed by atoms with van der Waals surface area (Å²) in [5.74, 6) is 0. The van der Waals surface area contributed by atoms with Gasteiger partial charge in [-0.15, -0.1) is 11.3 Å². The second-order valence-electron chi connectivity index (χ2n) is 3.76. The Balaban J connectivity index is 2.03. The molecule has 0 saturated carbocycles. The van der Waals surface area contributed by atoms with Crippen LogP contribution >= 0.6 is 22.7 Å². The average molecular weight is 252 g/mol. The number of thiophene rings is 1. The second kappa shape index (κ2) is 6.13. The van der Waals surface area contributed by atoms with Gasteiger partial charge in [0.05, 0.1) is 17.2 Å². The van der Waals surface area contributed by atoms with Crippen molar-refractivity contribution in [1.29, 1.82) is 0 Å². The van der Waals surface area contributed by atoms with Gasteiger partial charge in [0.1, 0.15) is 0 Å². The second-order valence-corrected chi connectivity index (χ2v) is 5.25. The maximum atomic E-state index is 4.41. The fraction of sp³-hybridized carbons (Fsp3) is 0.417. The molecule has 4 heteroatoms. The molecule has 16 heavy (non-hydrogen) atoms. The lowest BCUT2D eigenvalue weighted by molar-refractivity contribution is 0.520. The molecule has 2 aromatic heterocycles. The van der Waals surface area contributed by atoms with Crippen molar-refractivity contribution in [3.63, 3.8) is 0 Å². The van der Waals surface area contributed by atoms with Crippen molar-refractivity contribution >= 4 is 22.7 Å². The van der Waals surface area contributed by atoms with Crippen molar-refractivity contribution in [2.24, 2.45) is 0 Å². The smallest absolute Gasteiger partial charge is 0.0795 e. The van der Waals surface area contributed by atoms with Crippen LogP contribution in [0.2, 0.25) is 0 Å². The van der Waals surface area contributed by atoms with Crippen molar-refractivity contribution in [2.45, 2.75) is 25.8 Å². The first-order chi connectivity index (χ1) is 7.90. The lowest BCUT2D eigenvalue weighted by Gasteiger charge is -2.15. The fourth-order valence-electron chi connectivity index (χ4n) is 1.64. The Morgan fingerprint density at radius 2 is 2.31 bits per heavy atom. The topological polar surface area (TPSA) is 24.9 Å². The van der Waals surface area contributed by atoms with E-state index in [1.807, 2.05) is 5.51 Å². The van der Waals surface area contributed by atoms with Crippen LogP contribution in [0.25, 0.3) is 0 Å². The minimum absolute atomic E-state index is 0.362. The number of thiazole rings is 1. The molecule has 0 fully saturated rings. The third kappa shape index (κ3) is 3.14. The average Bonchev–Trinajstić information content (AvgIpc) is 2.96. The van der Waals surface area contributed by atoms with Crippen LogP contribution in [0, 0.1) is 0 Å². The summed E-state index contributed by atoms with van der Waals surface area (Å²) in [7, 11) is 0. The molecule has 0 spiro atoms. The third-order valence-corrected chi connectivity index (χ3v) is 3.81. The Labute approximate surface area is 104 Å². The summed E-state index contributed by atoms with van der Waals surface area (Å²) in [5.41, 5.74) is 4.47. The van der Waals surface area contributed by atoms with Crippen molar-refractivity contribution in [3.8, 4) is 0 Å². The van der Waals surface area contributed by atoms with E-state index in [1.54, 1.807) is 22.7 Å². The van der Waals surface area contributed by atoms with Crippen LogP contribution in [0.3, 0.4) is 0 Å². The molecule has 2 nitrogen and oxygen atoms in total. The summed E-state index contributed by atoms with van der Waals surface area (Å²) in [4.78, 5) is 4.41. The van der Waals surface area contributed by atoms with E-state index in [0.29, 0.717) is 6.04 Å². The first-order valence-electron chi connectivity index (χ1n) is 5.52. The first kappa shape index (κ1) is 11.8. The van der Waals surface area contributed by atoms with Gasteiger partial charge in [0.2, 0.25) is 0 Å². The minimum atomic E-state index is 0.362. The highest BCUT2D eigenvalue weighted by Gasteiger charge is 2.13. The van der Waals surface area contributed by atoms with E-state index in [1.165, 1.54) is 11.3 Å². The number of nitrogens with zero attached hydrogens (tertiary/aromatic N) is 1. The molecule has 86 valence electrons. The lowest BCUT2D eigenvalue weighted by Crippen LogP contribution is -2.24. The molecule has 0 aliphatic heterocycles. The Hall–Kier alpha value is -0.710. The van der Waals surface area contributed by atoms with Crippen molar-refractivity contribution in [1.82, 2.24) is 10.3 Å². The van der Waals surface area contributed by atoms with Gasteiger partial charge in [-0.25, -0.2) is 4.98 Å². The molecule has 0 amide bonds. The maximum Gasteiger partial charge on any atom is 0.0795 e. The number of hydrogen-bond donors (Lipinski definition) is 1. The summed E-state index contributed by atoms with van der Waals surface area (Å²) in [6, 6.07) is 2.55. The van der Waals surface area contributed by atoms with Gasteiger partial charge >= 0.3 is 0 Å². The molecule has 1 N–H and O–H groups in total. The van der Waals surface area contributed by atoms with Crippen LogP contribution < -0.4 is 5.32 Å². The van der Waals surface area contributed by atoms with E-state index in [4.69, 9.17) is 0 Å². The van der Waals surface area contributed by atoms with E-state index in [2.05, 4.69) is 39.4 Å². The largest absolute Gasteiger partial charge is 0.308 e. The number of hydrogen-bond acceptors (Lipinski definition) is 4. The molecule has 0 aliphatic rings. The fourth-order valence-corrected chi connectivity index (χ4v) is 2.93. The van der Waals surface area contributed by atoms with Crippen LogP contribution in [-0.2, 0) is 6.42 Å². The Kier molecular flexibility index (Phi) is 4.51. The molecule has 0 aromatic carbocycles. The third-order valence-electron chi connectivity index (χ3n) is 2.47. The molecule has 1 unspecified atom stereocenters. The van der Waals surface area contributed by atoms with Gasteiger partial charge in [-0.05, 0) is 41.8 Å². The number of rotatable bonds is 6. The van der Waals surface area contributed by atoms with Gasteiger partial charge in [-0.3, -0.25) is 0 Å². The standard InChI is InChI=1S/C12H16N2S2/c1-2-4-13-11(12-8-16-9-14-12)6-10-3-5-15-7-10/h3,5,7-9,11,13H,2,4,6H2,1H3. The molecule has 0 saturated heterocycles. The zero-order valence-electron chi connectivity index (χ0n) is 9.35. The highest BCUT2D eigenvalue weighted by molar-refractivity contribution is 7.08. The quantitative estimate of drug-likeness (QED) is 0.851. The number of aromatic nitrogens is 1. The van der Waals surface area contributed by atoms with E-state index < -0.39 is 0 Å². The van der Waals surface area contributed by atoms with Crippen LogP contribution in [0.5, 0.6) is 0 Å². The molecule has 0 bridgehead atoms. The monoisotopic (exact) mass is 252 g/mol. The maximum absolute atomic E-state index is 4.41. The van der Waals surface area contributed by atoms with E-state index in [-0.39, 0.29) is 0 Å². The predicted molar refractivity (Wildman–Crippen MR) is 71.2 cm³/mol. The van der Waals surface area contributed by atoms with Gasteiger partial charge < -0.3 is 5.32 Å². The number of nitrogens with one attached hydrogen (secondary N) is 1. The molecule has 2 aromatic rings. The summed E-state index contributed by atoms with van der Waals surface area (Å²) < 4.78 is 0. The molecular weight excluding hydrogens is 236 g/mol. The normalized spacial score (nSPS) is 12.8. The van der Waals surface area contributed by atoms with Crippen molar-refractivity contribution in [2.75, 3.05) is 6.54 Å². The molecule has 2 rings (SSSR count). The van der Waals surface area contributed by atoms with Gasteiger partial charge in [0.25, 0.3) is 0 Å². The highest BCUT2D eigenvalue weighted by Crippen LogP contribution is 2.19. The predicted octanol–water partition coefficient (Wildman–Crippen LogP) is 3.49. The zero-order chi connectivity index (χ0) is 11.2. The van der Waals surface area contributed by atoms with E-state index in [0.717, 1.165) is 19.4 Å². The van der Waals surface area contributed by atoms with Crippen molar-refractivity contribution in [3.05, 3.63) is 39.0 Å². The SMILES string of the molecule is CCCNC(Cc1ccsc1)c1cscn1. The molecular formula is C12H16N2S2. The van der Waals surface area contributed by atoms with Gasteiger partial charge in [-0.1, -0.05) is 6.92 Å². The molecule has 0 aliphatic carbocycles. The van der Waals surface area contributed by atoms with Gasteiger partial charge in [0.15, 0.2) is 0 Å². The summed E-state index contributed by atoms with van der Waals surface area (Å²) in [6.07, 6.45) is 2.19. The summed E-state index contributed by atoms with van der Waals surface area (Å²) in [6.45, 7) is 3.24. The Morgan fingerprint density at radius 1 is 1.38 bits per heavy atom. The van der Waals surface area contributed by atoms with Crippen LogP contribution in [0.1, 0.15) is 30.6 Å². The van der Waals surface area contributed by atoms with Gasteiger partial charge in [0, 0.05) is 5.38 Å². The van der Waals surface area contributed by atoms with Crippen LogP contribution in [-0.4, -0.2) is 11.5 Å². The summed E-state index contributed by atoms with van der Waals surface area (Å²) in [5, 5.41) is 10.0. The van der Waals surface area contributed by atoms with E-state index >= 15 is 0 Å².